The number of benzene rings is 3. The van der Waals surface area contributed by atoms with Crippen molar-refractivity contribution in [1.82, 2.24) is 0 Å². The van der Waals surface area contributed by atoms with Gasteiger partial charge in [-0.3, -0.25) is 4.79 Å². The Hall–Kier alpha value is -2.15. The minimum absolute atomic E-state index is 0.257. The molecule has 17 heavy (non-hydrogen) atoms. The van der Waals surface area contributed by atoms with Gasteiger partial charge in [-0.25, -0.2) is 0 Å². The predicted molar refractivity (Wildman–Crippen MR) is 69.5 cm³/mol. The summed E-state index contributed by atoms with van der Waals surface area (Å²) in [6.45, 7) is 0. The zero-order valence-corrected chi connectivity index (χ0v) is 9.23. The second-order valence-electron chi connectivity index (χ2n) is 4.59. The Bertz CT molecular complexity index is 784. The molecule has 3 aromatic rings. The first-order chi connectivity index (χ1) is 8.34. The molecule has 0 spiro atoms. The molecule has 0 aromatic heterocycles. The Morgan fingerprint density at radius 3 is 2.65 bits per heavy atom. The summed E-state index contributed by atoms with van der Waals surface area (Å²) in [7, 11) is 0. The molecular weight excluding hydrogens is 208 g/mol. The smallest absolute Gasteiger partial charge is 0.168 e. The molecule has 1 aliphatic carbocycles. The number of hydrogen-bond donors (Lipinski definition) is 0. The van der Waals surface area contributed by atoms with E-state index in [0.29, 0.717) is 6.42 Å². The fraction of sp³-hybridized carbons (Fsp3) is 0.0625. The third kappa shape index (κ3) is 1.06. The molecule has 0 unspecified atom stereocenters. The summed E-state index contributed by atoms with van der Waals surface area (Å²) in [6, 6.07) is 16.5. The highest BCUT2D eigenvalue weighted by Gasteiger charge is 2.23. The van der Waals surface area contributed by atoms with Crippen LogP contribution in [0.25, 0.3) is 21.5 Å². The Kier molecular flexibility index (Phi) is 1.55. The van der Waals surface area contributed by atoms with Crippen LogP contribution in [0.3, 0.4) is 0 Å². The molecule has 0 bridgehead atoms. The summed E-state index contributed by atoms with van der Waals surface area (Å²) in [6.07, 6.45) is 0.556. The summed E-state index contributed by atoms with van der Waals surface area (Å²) in [5.74, 6) is 0.257. The van der Waals surface area contributed by atoms with Gasteiger partial charge in [-0.2, -0.15) is 0 Å². The summed E-state index contributed by atoms with van der Waals surface area (Å²) in [5.41, 5.74) is 2.10. The summed E-state index contributed by atoms with van der Waals surface area (Å²) in [4.78, 5) is 12.2. The van der Waals surface area contributed by atoms with Gasteiger partial charge in [-0.05, 0) is 33.2 Å². The van der Waals surface area contributed by atoms with Crippen molar-refractivity contribution in [3.8, 4) is 0 Å². The van der Waals surface area contributed by atoms with Gasteiger partial charge in [0.1, 0.15) is 0 Å². The molecule has 4 rings (SSSR count). The van der Waals surface area contributed by atoms with Crippen molar-refractivity contribution in [3.05, 3.63) is 59.7 Å². The van der Waals surface area contributed by atoms with E-state index in [1.165, 1.54) is 10.9 Å². The third-order valence-corrected chi connectivity index (χ3v) is 3.60. The molecule has 1 nitrogen and oxygen atoms in total. The van der Waals surface area contributed by atoms with Crippen molar-refractivity contribution in [3.63, 3.8) is 0 Å². The van der Waals surface area contributed by atoms with Crippen molar-refractivity contribution >= 4 is 27.3 Å². The minimum atomic E-state index is 0.257. The molecule has 0 saturated carbocycles. The highest BCUT2D eigenvalue weighted by atomic mass is 16.1. The molecule has 0 heterocycles. The maximum Gasteiger partial charge on any atom is 0.168 e. The molecule has 3 aromatic carbocycles. The van der Waals surface area contributed by atoms with Gasteiger partial charge in [0.05, 0.1) is 0 Å². The lowest BCUT2D eigenvalue weighted by Crippen LogP contribution is -1.95. The Balaban J connectivity index is 2.36. The zero-order valence-electron chi connectivity index (χ0n) is 9.23. The average Bonchev–Trinajstić information content (AvgIpc) is 2.69. The summed E-state index contributed by atoms with van der Waals surface area (Å²) in [5, 5.41) is 4.59. The van der Waals surface area contributed by atoms with Crippen LogP contribution in [0, 0.1) is 0 Å². The molecule has 0 saturated heterocycles. The fourth-order valence-corrected chi connectivity index (χ4v) is 2.90. The third-order valence-electron chi connectivity index (χ3n) is 3.60. The second kappa shape index (κ2) is 2.95. The van der Waals surface area contributed by atoms with E-state index in [1.54, 1.807) is 0 Å². The number of hydrogen-bond acceptors (Lipinski definition) is 1. The van der Waals surface area contributed by atoms with Crippen molar-refractivity contribution in [1.29, 1.82) is 0 Å². The standard InChI is InChI=1S/C16H10O/c17-14-9-12-6-3-5-11-8-10-4-1-2-7-13(10)16(14)15(11)12/h1-8H,9H2. The number of Topliss-reactive ketones (excluding diaryl/α,β-unsaturated/α-hetero) is 1. The summed E-state index contributed by atoms with van der Waals surface area (Å²) >= 11 is 0. The monoisotopic (exact) mass is 218 g/mol. The van der Waals surface area contributed by atoms with Crippen LogP contribution in [0.2, 0.25) is 0 Å². The summed E-state index contributed by atoms with van der Waals surface area (Å²) < 4.78 is 0. The Labute approximate surface area is 98.7 Å². The molecule has 1 aliphatic rings. The van der Waals surface area contributed by atoms with Crippen molar-refractivity contribution in [2.45, 2.75) is 6.42 Å². The van der Waals surface area contributed by atoms with Crippen LogP contribution in [0.5, 0.6) is 0 Å². The average molecular weight is 218 g/mol. The van der Waals surface area contributed by atoms with E-state index in [2.05, 4.69) is 24.3 Å². The lowest BCUT2D eigenvalue weighted by atomic mass is 9.98. The van der Waals surface area contributed by atoms with E-state index in [-0.39, 0.29) is 5.78 Å². The maximum atomic E-state index is 12.2. The van der Waals surface area contributed by atoms with Crippen LogP contribution in [-0.4, -0.2) is 5.78 Å². The molecule has 0 aliphatic heterocycles. The molecule has 1 heteroatoms. The largest absolute Gasteiger partial charge is 0.294 e. The normalized spacial score (nSPS) is 13.8. The van der Waals surface area contributed by atoms with E-state index in [1.807, 2.05) is 24.3 Å². The molecule has 0 atom stereocenters. The van der Waals surface area contributed by atoms with Crippen molar-refractivity contribution in [2.75, 3.05) is 0 Å². The number of ketones is 1. The molecule has 0 fully saturated rings. The molecular formula is C16H10O. The van der Waals surface area contributed by atoms with E-state index in [0.717, 1.165) is 21.7 Å². The minimum Gasteiger partial charge on any atom is -0.294 e. The van der Waals surface area contributed by atoms with Crippen molar-refractivity contribution < 1.29 is 4.79 Å². The molecule has 0 N–H and O–H groups in total. The van der Waals surface area contributed by atoms with Gasteiger partial charge >= 0.3 is 0 Å². The van der Waals surface area contributed by atoms with E-state index in [4.69, 9.17) is 0 Å². The van der Waals surface area contributed by atoms with Gasteiger partial charge in [-0.1, -0.05) is 42.5 Å². The van der Waals surface area contributed by atoms with Gasteiger partial charge in [0.2, 0.25) is 0 Å². The van der Waals surface area contributed by atoms with E-state index < -0.39 is 0 Å². The van der Waals surface area contributed by atoms with Gasteiger partial charge in [0, 0.05) is 12.0 Å². The van der Waals surface area contributed by atoms with Crippen LogP contribution >= 0.6 is 0 Å². The van der Waals surface area contributed by atoms with Gasteiger partial charge in [-0.15, -0.1) is 0 Å². The van der Waals surface area contributed by atoms with Crippen LogP contribution in [-0.2, 0) is 6.42 Å². The predicted octanol–water partition coefficient (Wildman–Crippen LogP) is 3.73. The molecule has 0 radical (unpaired) electrons. The van der Waals surface area contributed by atoms with Crippen LogP contribution < -0.4 is 0 Å². The Morgan fingerprint density at radius 1 is 0.882 bits per heavy atom. The first-order valence-electron chi connectivity index (χ1n) is 5.81. The zero-order chi connectivity index (χ0) is 11.4. The van der Waals surface area contributed by atoms with Gasteiger partial charge in [0.15, 0.2) is 5.78 Å². The maximum absolute atomic E-state index is 12.2. The number of carbonyl (C=O) groups is 1. The highest BCUT2D eigenvalue weighted by Crippen LogP contribution is 2.36. The highest BCUT2D eigenvalue weighted by molar-refractivity contribution is 6.24. The van der Waals surface area contributed by atoms with Crippen LogP contribution in [0.1, 0.15) is 15.9 Å². The van der Waals surface area contributed by atoms with E-state index in [9.17, 15) is 4.79 Å². The molecule has 80 valence electrons. The number of rotatable bonds is 0. The Morgan fingerprint density at radius 2 is 1.71 bits per heavy atom. The van der Waals surface area contributed by atoms with Gasteiger partial charge < -0.3 is 0 Å². The first kappa shape index (κ1) is 8.94. The number of fused-ring (bicyclic) bond motifs is 2. The van der Waals surface area contributed by atoms with Gasteiger partial charge in [0.25, 0.3) is 0 Å². The first-order valence-corrected chi connectivity index (χ1v) is 5.81. The SMILES string of the molecule is O=C1Cc2cccc3cc4ccccc4c1c23. The number of carbonyl (C=O) groups excluding carboxylic acids is 1. The van der Waals surface area contributed by atoms with E-state index >= 15 is 0 Å². The van der Waals surface area contributed by atoms with Crippen molar-refractivity contribution in [2.24, 2.45) is 0 Å². The molecule has 0 amide bonds. The topological polar surface area (TPSA) is 17.1 Å². The lowest BCUT2D eigenvalue weighted by Gasteiger charge is -2.05. The van der Waals surface area contributed by atoms with Crippen LogP contribution in [0.15, 0.2) is 48.5 Å². The fourth-order valence-electron chi connectivity index (χ4n) is 2.90. The second-order valence-corrected chi connectivity index (χ2v) is 4.59. The van der Waals surface area contributed by atoms with Crippen LogP contribution in [0.4, 0.5) is 0 Å². The quantitative estimate of drug-likeness (QED) is 0.525. The lowest BCUT2D eigenvalue weighted by molar-refractivity contribution is 0.100.